The molecule has 0 bridgehead atoms. The van der Waals surface area contributed by atoms with Gasteiger partial charge in [-0.15, -0.1) is 11.3 Å². The van der Waals surface area contributed by atoms with E-state index in [-0.39, 0.29) is 11.9 Å². The second kappa shape index (κ2) is 9.27. The highest BCUT2D eigenvalue weighted by Gasteiger charge is 2.35. The SMILES string of the molecule is CCC1CCCCN1S(=O)(=O)c1cc(-c2nc(C)c(C(=O)N3CCCCC3)s2)n(C)c1C. The molecule has 1 unspecified atom stereocenters. The van der Waals surface area contributed by atoms with Crippen LogP contribution < -0.4 is 0 Å². The van der Waals surface area contributed by atoms with Crippen LogP contribution in [0.4, 0.5) is 0 Å². The van der Waals surface area contributed by atoms with Gasteiger partial charge in [0.25, 0.3) is 5.91 Å². The number of thiazole rings is 1. The highest BCUT2D eigenvalue weighted by molar-refractivity contribution is 7.89. The molecular weight excluding hydrogens is 444 g/mol. The molecule has 9 heteroatoms. The average molecular weight is 479 g/mol. The average Bonchev–Trinajstić information content (AvgIpc) is 3.33. The predicted octanol–water partition coefficient (Wildman–Crippen LogP) is 4.34. The number of rotatable bonds is 5. The summed E-state index contributed by atoms with van der Waals surface area (Å²) in [6.07, 6.45) is 6.99. The molecule has 0 N–H and O–H groups in total. The number of aryl methyl sites for hydroxylation is 1. The summed E-state index contributed by atoms with van der Waals surface area (Å²) < 4.78 is 30.8. The minimum atomic E-state index is -3.59. The van der Waals surface area contributed by atoms with E-state index in [9.17, 15) is 13.2 Å². The predicted molar refractivity (Wildman–Crippen MR) is 128 cm³/mol. The fourth-order valence-electron chi connectivity index (χ4n) is 4.91. The van der Waals surface area contributed by atoms with Crippen LogP contribution >= 0.6 is 11.3 Å². The summed E-state index contributed by atoms with van der Waals surface area (Å²) in [5, 5.41) is 0.695. The lowest BCUT2D eigenvalue weighted by Crippen LogP contribution is -2.43. The molecule has 0 spiro atoms. The van der Waals surface area contributed by atoms with E-state index in [1.807, 2.05) is 30.4 Å². The third-order valence-electron chi connectivity index (χ3n) is 6.97. The molecule has 32 heavy (non-hydrogen) atoms. The minimum absolute atomic E-state index is 0.0452. The van der Waals surface area contributed by atoms with Gasteiger partial charge in [0.2, 0.25) is 10.0 Å². The zero-order valence-corrected chi connectivity index (χ0v) is 21.2. The van der Waals surface area contributed by atoms with Crippen molar-refractivity contribution in [2.24, 2.45) is 7.05 Å². The number of aromatic nitrogens is 2. The van der Waals surface area contributed by atoms with Crippen LogP contribution in [0.3, 0.4) is 0 Å². The lowest BCUT2D eigenvalue weighted by molar-refractivity contribution is 0.0728. The standard InChI is InChI=1S/C23H34N4O3S2/c1-5-18-11-7-10-14-27(18)32(29,30)20-15-19(25(4)17(20)3)22-24-16(2)21(31-22)23(28)26-12-8-6-9-13-26/h15,18H,5-14H2,1-4H3. The molecular formula is C23H34N4O3S2. The Morgan fingerprint density at radius 1 is 1.12 bits per heavy atom. The first-order chi connectivity index (χ1) is 15.3. The summed E-state index contributed by atoms with van der Waals surface area (Å²) in [5.41, 5.74) is 2.17. The van der Waals surface area contributed by atoms with Gasteiger partial charge in [-0.05, 0) is 58.4 Å². The maximum Gasteiger partial charge on any atom is 0.265 e. The largest absolute Gasteiger partial charge is 0.345 e. The molecule has 0 aliphatic carbocycles. The number of carbonyl (C=O) groups excluding carboxylic acids is 1. The molecule has 7 nitrogen and oxygen atoms in total. The first kappa shape index (κ1) is 23.4. The molecule has 1 amide bonds. The monoisotopic (exact) mass is 478 g/mol. The number of carbonyl (C=O) groups is 1. The second-order valence-electron chi connectivity index (χ2n) is 9.00. The van der Waals surface area contributed by atoms with E-state index in [1.165, 1.54) is 17.8 Å². The first-order valence-electron chi connectivity index (χ1n) is 11.7. The van der Waals surface area contributed by atoms with Crippen LogP contribution in [0.1, 0.15) is 72.9 Å². The summed E-state index contributed by atoms with van der Waals surface area (Å²) >= 11 is 1.37. The van der Waals surface area contributed by atoms with E-state index in [1.54, 1.807) is 10.4 Å². The molecule has 2 aliphatic rings. The number of likely N-dealkylation sites (tertiary alicyclic amines) is 1. The van der Waals surface area contributed by atoms with Crippen LogP contribution in [-0.4, -0.2) is 58.8 Å². The number of hydrogen-bond acceptors (Lipinski definition) is 5. The van der Waals surface area contributed by atoms with E-state index in [4.69, 9.17) is 0 Å². The molecule has 2 aliphatic heterocycles. The fraction of sp³-hybridized carbons (Fsp3) is 0.652. The summed E-state index contributed by atoms with van der Waals surface area (Å²) in [6.45, 7) is 7.94. The molecule has 4 rings (SSSR count). The molecule has 1 atom stereocenters. The Labute approximate surface area is 195 Å². The van der Waals surface area contributed by atoms with E-state index >= 15 is 0 Å². The Morgan fingerprint density at radius 2 is 1.81 bits per heavy atom. The lowest BCUT2D eigenvalue weighted by Gasteiger charge is -2.34. The van der Waals surface area contributed by atoms with Crippen LogP contribution in [0.15, 0.2) is 11.0 Å². The highest BCUT2D eigenvalue weighted by atomic mass is 32.2. The molecule has 0 aromatic carbocycles. The number of amides is 1. The highest BCUT2D eigenvalue weighted by Crippen LogP contribution is 2.35. The summed E-state index contributed by atoms with van der Waals surface area (Å²) in [7, 11) is -1.71. The van der Waals surface area contributed by atoms with Gasteiger partial charge in [-0.1, -0.05) is 13.3 Å². The Morgan fingerprint density at radius 3 is 2.50 bits per heavy atom. The summed E-state index contributed by atoms with van der Waals surface area (Å²) in [6, 6.07) is 1.81. The number of piperidine rings is 2. The topological polar surface area (TPSA) is 75.5 Å². The number of nitrogens with zero attached hydrogens (tertiary/aromatic N) is 4. The van der Waals surface area contributed by atoms with E-state index in [0.717, 1.165) is 57.3 Å². The van der Waals surface area contributed by atoms with Gasteiger partial charge >= 0.3 is 0 Å². The Kier molecular flexibility index (Phi) is 6.79. The van der Waals surface area contributed by atoms with Crippen molar-refractivity contribution in [3.8, 4) is 10.7 Å². The second-order valence-corrected chi connectivity index (χ2v) is 11.9. The van der Waals surface area contributed by atoms with Crippen molar-refractivity contribution in [2.45, 2.75) is 76.7 Å². The van der Waals surface area contributed by atoms with Crippen molar-refractivity contribution in [1.82, 2.24) is 18.8 Å². The fourth-order valence-corrected chi connectivity index (χ4v) is 8.03. The maximum absolute atomic E-state index is 13.6. The maximum atomic E-state index is 13.6. The Balaban J connectivity index is 1.68. The van der Waals surface area contributed by atoms with Gasteiger partial charge in [-0.3, -0.25) is 4.79 Å². The molecule has 0 saturated carbocycles. The molecule has 2 saturated heterocycles. The quantitative estimate of drug-likeness (QED) is 0.640. The number of hydrogen-bond donors (Lipinski definition) is 0. The van der Waals surface area contributed by atoms with Gasteiger partial charge in [-0.25, -0.2) is 13.4 Å². The Bertz CT molecular complexity index is 1100. The Hall–Kier alpha value is -1.71. The normalized spacial score (nSPS) is 20.6. The van der Waals surface area contributed by atoms with Gasteiger partial charge in [0.1, 0.15) is 14.8 Å². The van der Waals surface area contributed by atoms with Crippen molar-refractivity contribution in [1.29, 1.82) is 0 Å². The van der Waals surface area contributed by atoms with Gasteiger partial charge in [0, 0.05) is 38.4 Å². The van der Waals surface area contributed by atoms with E-state index in [0.29, 0.717) is 32.7 Å². The summed E-state index contributed by atoms with van der Waals surface area (Å²) in [5.74, 6) is 0.0452. The van der Waals surface area contributed by atoms with Crippen LogP contribution in [-0.2, 0) is 17.1 Å². The zero-order valence-electron chi connectivity index (χ0n) is 19.6. The minimum Gasteiger partial charge on any atom is -0.345 e. The molecule has 2 fully saturated rings. The van der Waals surface area contributed by atoms with E-state index in [2.05, 4.69) is 11.9 Å². The van der Waals surface area contributed by atoms with Gasteiger partial charge in [0.15, 0.2) is 0 Å². The van der Waals surface area contributed by atoms with Crippen molar-refractivity contribution < 1.29 is 13.2 Å². The van der Waals surface area contributed by atoms with Gasteiger partial charge in [0.05, 0.1) is 11.4 Å². The van der Waals surface area contributed by atoms with Gasteiger partial charge < -0.3 is 9.47 Å². The third-order valence-corrected chi connectivity index (χ3v) is 10.2. The molecule has 4 heterocycles. The zero-order chi connectivity index (χ0) is 23.0. The molecule has 2 aromatic rings. The first-order valence-corrected chi connectivity index (χ1v) is 14.0. The van der Waals surface area contributed by atoms with Crippen LogP contribution in [0, 0.1) is 13.8 Å². The molecule has 2 aromatic heterocycles. The molecule has 176 valence electrons. The van der Waals surface area contributed by atoms with Crippen molar-refractivity contribution >= 4 is 27.3 Å². The van der Waals surface area contributed by atoms with E-state index < -0.39 is 10.0 Å². The third kappa shape index (κ3) is 4.15. The van der Waals surface area contributed by atoms with Gasteiger partial charge in [-0.2, -0.15) is 4.31 Å². The molecule has 0 radical (unpaired) electrons. The van der Waals surface area contributed by atoms with Crippen LogP contribution in [0.25, 0.3) is 10.7 Å². The number of sulfonamides is 1. The smallest absolute Gasteiger partial charge is 0.265 e. The lowest BCUT2D eigenvalue weighted by atomic mass is 10.0. The van der Waals surface area contributed by atoms with Crippen LogP contribution in [0.5, 0.6) is 0 Å². The van der Waals surface area contributed by atoms with Crippen molar-refractivity contribution in [3.05, 3.63) is 22.3 Å². The van der Waals surface area contributed by atoms with Crippen LogP contribution in [0.2, 0.25) is 0 Å². The van der Waals surface area contributed by atoms with Crippen molar-refractivity contribution in [2.75, 3.05) is 19.6 Å². The van der Waals surface area contributed by atoms with Crippen molar-refractivity contribution in [3.63, 3.8) is 0 Å². The summed E-state index contributed by atoms with van der Waals surface area (Å²) in [4.78, 5) is 20.7.